The predicted octanol–water partition coefficient (Wildman–Crippen LogP) is 7.56. The zero-order valence-electron chi connectivity index (χ0n) is 35.8. The van der Waals surface area contributed by atoms with Crippen LogP contribution in [0.15, 0.2) is 60.7 Å². The van der Waals surface area contributed by atoms with Gasteiger partial charge in [0.1, 0.15) is 23.7 Å². The number of rotatable bonds is 11. The fourth-order valence-electron chi connectivity index (χ4n) is 9.35. The summed E-state index contributed by atoms with van der Waals surface area (Å²) in [6, 6.07) is 19.9. The van der Waals surface area contributed by atoms with Gasteiger partial charge in [-0.15, -0.1) is 0 Å². The summed E-state index contributed by atoms with van der Waals surface area (Å²) < 4.78 is 9.54. The van der Waals surface area contributed by atoms with E-state index in [1.165, 1.54) is 19.8 Å². The number of amides is 4. The Morgan fingerprint density at radius 1 is 0.721 bits per heavy atom. The molecule has 8 rings (SSSR count). The standard InChI is InChI=1S/C47H56N8O6/c1-25(2)39(53-46(58)60-5)44(56)51-34-10-7-9-33(34)42-48-35-20-17-30(24-37(35)50-42)28-14-12-27(13-15-28)29-16-19-32-31(23-29)18-21-36-41(32)52-43(49-36)38-11-8-22-55(38)45(57)40(26(3)4)54-47(59)61-6/h12-17,19-20,23-26,33-34,38-40H,7-11,18,21-22H2,1-6H3,(H,48,50)(H,49,52)(H,51,56)(H,53,58)(H,54,59)/t33-,34-,38-,39-,40-/m0/s1. The lowest BCUT2D eigenvalue weighted by Gasteiger charge is -2.30. The van der Waals surface area contributed by atoms with Gasteiger partial charge in [-0.1, -0.05) is 82.6 Å². The van der Waals surface area contributed by atoms with E-state index < -0.39 is 24.3 Å². The molecule has 1 saturated carbocycles. The molecule has 3 aromatic carbocycles. The number of hydrogen-bond donors (Lipinski definition) is 5. The van der Waals surface area contributed by atoms with Crippen molar-refractivity contribution in [2.24, 2.45) is 11.8 Å². The number of likely N-dealkylation sites (tertiary alicyclic amines) is 1. The summed E-state index contributed by atoms with van der Waals surface area (Å²) in [5.74, 6) is 1.17. The first-order chi connectivity index (χ1) is 29.4. The first-order valence-corrected chi connectivity index (χ1v) is 21.5. The number of hydrogen-bond acceptors (Lipinski definition) is 8. The van der Waals surface area contributed by atoms with Gasteiger partial charge in [-0.05, 0) is 90.3 Å². The molecule has 1 saturated heterocycles. The molecule has 0 unspecified atom stereocenters. The molecule has 14 nitrogen and oxygen atoms in total. The smallest absolute Gasteiger partial charge is 0.407 e. The van der Waals surface area contributed by atoms with E-state index >= 15 is 0 Å². The molecule has 14 heteroatoms. The van der Waals surface area contributed by atoms with E-state index in [0.717, 1.165) is 107 Å². The van der Waals surface area contributed by atoms with Gasteiger partial charge in [0.05, 0.1) is 42.7 Å². The number of fused-ring (bicyclic) bond motifs is 4. The monoisotopic (exact) mass is 828 g/mol. The van der Waals surface area contributed by atoms with E-state index in [2.05, 4.69) is 80.5 Å². The van der Waals surface area contributed by atoms with Crippen molar-refractivity contribution in [3.63, 3.8) is 0 Å². The van der Waals surface area contributed by atoms with E-state index in [-0.39, 0.29) is 41.7 Å². The third kappa shape index (κ3) is 8.44. The number of alkyl carbamates (subject to hydrolysis) is 2. The summed E-state index contributed by atoms with van der Waals surface area (Å²) in [4.78, 5) is 70.0. The van der Waals surface area contributed by atoms with Crippen molar-refractivity contribution in [2.75, 3.05) is 20.8 Å². The average molecular weight is 829 g/mol. The molecule has 3 aliphatic rings. The van der Waals surface area contributed by atoms with Crippen LogP contribution in [0.1, 0.15) is 94.7 Å². The van der Waals surface area contributed by atoms with Crippen molar-refractivity contribution >= 4 is 35.0 Å². The fraction of sp³-hybridized carbons (Fsp3) is 0.447. The van der Waals surface area contributed by atoms with Crippen LogP contribution in [0.3, 0.4) is 0 Å². The number of aromatic nitrogens is 4. The molecule has 61 heavy (non-hydrogen) atoms. The molecule has 0 radical (unpaired) electrons. The molecule has 2 aliphatic carbocycles. The highest BCUT2D eigenvalue weighted by Crippen LogP contribution is 2.39. The van der Waals surface area contributed by atoms with E-state index in [0.29, 0.717) is 6.54 Å². The molecular formula is C47H56N8O6. The SMILES string of the molecule is COC(=O)N[C@H](C(=O)N[C@H]1CCC[C@@H]1c1nc2ccc(-c3ccc(-c4ccc5c(c4)CCc4nc([C@@H]6CCCN6C(=O)[C@@H](NC(=O)OC)C(C)C)[nH]c4-5)cc3)cc2[nH]1)C(C)C. The second-order valence-corrected chi connectivity index (χ2v) is 17.3. The molecule has 4 amide bonds. The van der Waals surface area contributed by atoms with Gasteiger partial charge >= 0.3 is 12.2 Å². The number of nitrogens with one attached hydrogen (secondary N) is 5. The molecule has 320 valence electrons. The Balaban J connectivity index is 0.953. The number of aromatic amines is 2. The number of ether oxygens (including phenoxy) is 2. The largest absolute Gasteiger partial charge is 0.453 e. The lowest BCUT2D eigenvalue weighted by Crippen LogP contribution is -2.52. The Hall–Kier alpha value is -6.18. The van der Waals surface area contributed by atoms with Gasteiger partial charge in [-0.2, -0.15) is 0 Å². The maximum atomic E-state index is 13.7. The van der Waals surface area contributed by atoms with Gasteiger partial charge in [0.2, 0.25) is 11.8 Å². The zero-order chi connectivity index (χ0) is 42.9. The molecule has 5 atom stereocenters. The number of methoxy groups -OCH3 is 2. The maximum absolute atomic E-state index is 13.7. The van der Waals surface area contributed by atoms with Crippen molar-refractivity contribution in [2.45, 2.75) is 103 Å². The summed E-state index contributed by atoms with van der Waals surface area (Å²) in [5, 5.41) is 8.59. The minimum Gasteiger partial charge on any atom is -0.453 e. The number of carbonyl (C=O) groups excluding carboxylic acids is 4. The normalized spacial score (nSPS) is 19.3. The second-order valence-electron chi connectivity index (χ2n) is 17.3. The van der Waals surface area contributed by atoms with Gasteiger partial charge in [0, 0.05) is 24.1 Å². The van der Waals surface area contributed by atoms with Crippen LogP contribution in [0.4, 0.5) is 9.59 Å². The van der Waals surface area contributed by atoms with Gasteiger partial charge in [-0.25, -0.2) is 19.6 Å². The Labute approximate surface area is 356 Å². The first-order valence-electron chi connectivity index (χ1n) is 21.5. The molecule has 2 aromatic heterocycles. The Morgan fingerprint density at radius 2 is 1.38 bits per heavy atom. The number of H-pyrrole nitrogens is 2. The second kappa shape index (κ2) is 17.4. The minimum atomic E-state index is -0.692. The first kappa shape index (κ1) is 41.5. The molecule has 1 aliphatic heterocycles. The van der Waals surface area contributed by atoms with Gasteiger partial charge in [0.15, 0.2) is 0 Å². The van der Waals surface area contributed by atoms with Crippen molar-refractivity contribution in [3.8, 4) is 33.5 Å². The van der Waals surface area contributed by atoms with Crippen LogP contribution in [-0.4, -0.2) is 87.7 Å². The van der Waals surface area contributed by atoms with Crippen LogP contribution >= 0.6 is 0 Å². The Bertz CT molecular complexity index is 2440. The van der Waals surface area contributed by atoms with Crippen molar-refractivity contribution in [1.82, 2.24) is 40.8 Å². The van der Waals surface area contributed by atoms with E-state index in [1.54, 1.807) is 0 Å². The molecular weight excluding hydrogens is 773 g/mol. The van der Waals surface area contributed by atoms with Crippen LogP contribution in [0.5, 0.6) is 0 Å². The van der Waals surface area contributed by atoms with Gasteiger partial charge in [0.25, 0.3) is 0 Å². The minimum absolute atomic E-state index is 0.0396. The molecule has 0 bridgehead atoms. The van der Waals surface area contributed by atoms with Crippen LogP contribution < -0.4 is 16.0 Å². The molecule has 2 fully saturated rings. The third-order valence-corrected chi connectivity index (χ3v) is 12.7. The highest BCUT2D eigenvalue weighted by Gasteiger charge is 2.39. The fourth-order valence-corrected chi connectivity index (χ4v) is 9.35. The van der Waals surface area contributed by atoms with Crippen LogP contribution in [0, 0.1) is 11.8 Å². The summed E-state index contributed by atoms with van der Waals surface area (Å²) >= 11 is 0. The van der Waals surface area contributed by atoms with Gasteiger partial charge in [-0.3, -0.25) is 9.59 Å². The van der Waals surface area contributed by atoms with Crippen molar-refractivity contribution < 1.29 is 28.7 Å². The molecule has 5 N–H and O–H groups in total. The number of aryl methyl sites for hydroxylation is 2. The quantitative estimate of drug-likeness (QED) is 0.0904. The zero-order valence-corrected chi connectivity index (χ0v) is 35.8. The average Bonchev–Trinajstić information content (AvgIpc) is 4.09. The highest BCUT2D eigenvalue weighted by molar-refractivity contribution is 5.87. The van der Waals surface area contributed by atoms with E-state index in [9.17, 15) is 19.2 Å². The summed E-state index contributed by atoms with van der Waals surface area (Å²) in [7, 11) is 2.59. The van der Waals surface area contributed by atoms with Crippen LogP contribution in [0.2, 0.25) is 0 Å². The lowest BCUT2D eigenvalue weighted by molar-refractivity contribution is -0.135. The topological polar surface area (TPSA) is 183 Å². The number of carbonyl (C=O) groups is 4. The van der Waals surface area contributed by atoms with Crippen molar-refractivity contribution in [1.29, 1.82) is 0 Å². The highest BCUT2D eigenvalue weighted by atomic mass is 16.5. The maximum Gasteiger partial charge on any atom is 0.407 e. The van der Waals surface area contributed by atoms with Gasteiger partial charge < -0.3 is 40.3 Å². The molecule has 3 heterocycles. The van der Waals surface area contributed by atoms with Crippen molar-refractivity contribution in [3.05, 3.63) is 83.6 Å². The summed E-state index contributed by atoms with van der Waals surface area (Å²) in [6.45, 7) is 8.24. The Morgan fingerprint density at radius 3 is 2.07 bits per heavy atom. The van der Waals surface area contributed by atoms with E-state index in [4.69, 9.17) is 19.4 Å². The number of nitrogens with zero attached hydrogens (tertiary/aromatic N) is 3. The summed E-state index contributed by atoms with van der Waals surface area (Å²) in [6.07, 6.45) is 4.83. The molecule has 0 spiro atoms. The molecule has 5 aromatic rings. The summed E-state index contributed by atoms with van der Waals surface area (Å²) in [5.41, 5.74) is 10.7. The Kier molecular flexibility index (Phi) is 11.9. The third-order valence-electron chi connectivity index (χ3n) is 12.7. The van der Waals surface area contributed by atoms with Crippen LogP contribution in [0.25, 0.3) is 44.5 Å². The lowest BCUT2D eigenvalue weighted by atomic mass is 9.89. The number of imidazole rings is 2. The number of benzene rings is 3. The van der Waals surface area contributed by atoms with E-state index in [1.807, 2.05) is 38.7 Å². The van der Waals surface area contributed by atoms with Crippen LogP contribution in [-0.2, 0) is 31.9 Å². The predicted molar refractivity (Wildman–Crippen MR) is 232 cm³/mol.